The lowest BCUT2D eigenvalue weighted by molar-refractivity contribution is 0.00356. The zero-order valence-electron chi connectivity index (χ0n) is 16.4. The van der Waals surface area contributed by atoms with E-state index in [2.05, 4.69) is 28.1 Å². The minimum atomic E-state index is -0.202. The van der Waals surface area contributed by atoms with Crippen LogP contribution in [0.2, 0.25) is 0 Å². The Morgan fingerprint density at radius 2 is 2.00 bits per heavy atom. The summed E-state index contributed by atoms with van der Waals surface area (Å²) in [5.74, 6) is 0. The minimum absolute atomic E-state index is 0.00541. The summed E-state index contributed by atoms with van der Waals surface area (Å²) in [7, 11) is 0. The van der Waals surface area contributed by atoms with E-state index in [4.69, 9.17) is 9.72 Å². The number of aliphatic hydroxyl groups is 1. The van der Waals surface area contributed by atoms with E-state index in [0.717, 1.165) is 44.8 Å². The molecule has 6 nitrogen and oxygen atoms in total. The normalized spacial score (nSPS) is 16.6. The van der Waals surface area contributed by atoms with Crippen LogP contribution in [-0.4, -0.2) is 47.5 Å². The maximum absolute atomic E-state index is 9.48. The Hall–Kier alpha value is -2.79. The summed E-state index contributed by atoms with van der Waals surface area (Å²) in [4.78, 5) is 12.7. The number of morpholine rings is 1. The van der Waals surface area contributed by atoms with Crippen LogP contribution in [0.5, 0.6) is 0 Å². The topological polar surface area (TPSA) is 82.3 Å². The maximum atomic E-state index is 9.48. The highest BCUT2D eigenvalue weighted by molar-refractivity contribution is 7.19. The van der Waals surface area contributed by atoms with E-state index in [-0.39, 0.29) is 12.7 Å². The summed E-state index contributed by atoms with van der Waals surface area (Å²) >= 11 is 1.62. The van der Waals surface area contributed by atoms with Gasteiger partial charge in [-0.2, -0.15) is 5.26 Å². The first-order chi connectivity index (χ1) is 14.1. The Balaban J connectivity index is 1.83. The smallest absolute Gasteiger partial charge is 0.186 e. The lowest BCUT2D eigenvalue weighted by Gasteiger charge is -2.31. The van der Waals surface area contributed by atoms with Crippen LogP contribution in [-0.2, 0) is 4.74 Å². The fourth-order valence-corrected chi connectivity index (χ4v) is 4.65. The van der Waals surface area contributed by atoms with Crippen molar-refractivity contribution in [1.82, 2.24) is 9.97 Å². The van der Waals surface area contributed by atoms with Crippen LogP contribution in [0.15, 0.2) is 36.4 Å². The number of anilines is 1. The van der Waals surface area contributed by atoms with E-state index in [1.54, 1.807) is 17.4 Å². The number of nitriles is 1. The number of pyridine rings is 1. The quantitative estimate of drug-likeness (QED) is 0.713. The fraction of sp³-hybridized carbons (Fsp3) is 0.318. The molecule has 148 valence electrons. The largest absolute Gasteiger partial charge is 0.394 e. The average Bonchev–Trinajstić information content (AvgIpc) is 3.19. The highest BCUT2D eigenvalue weighted by Crippen LogP contribution is 2.41. The number of ether oxygens (including phenoxy) is 1. The molecule has 3 aromatic rings. The second-order valence-electron chi connectivity index (χ2n) is 7.13. The summed E-state index contributed by atoms with van der Waals surface area (Å²) in [6.45, 7) is 5.87. The zero-order chi connectivity index (χ0) is 20.4. The molecule has 0 radical (unpaired) electrons. The number of thiazole rings is 1. The molecule has 2 aromatic heterocycles. The van der Waals surface area contributed by atoms with Gasteiger partial charge in [0, 0.05) is 30.0 Å². The number of rotatable bonds is 4. The van der Waals surface area contributed by atoms with E-state index in [9.17, 15) is 10.4 Å². The van der Waals surface area contributed by atoms with Crippen molar-refractivity contribution in [2.75, 3.05) is 31.2 Å². The molecular weight excluding hydrogens is 384 g/mol. The standard InChI is InChI=1S/C22H22N4O2S/c1-14-8-18(9-15(2)24-14)21-20(17-5-3-4-16(10-17)11-23)25-22(29-21)26-6-7-28-19(12-26)13-27/h3-5,8-10,19,27H,6-7,12-13H2,1-2H3/t19-/m1/s1. The van der Waals surface area contributed by atoms with Crippen molar-refractivity contribution in [3.63, 3.8) is 0 Å². The van der Waals surface area contributed by atoms with Crippen molar-refractivity contribution in [2.24, 2.45) is 0 Å². The third-order valence-corrected chi connectivity index (χ3v) is 6.00. The van der Waals surface area contributed by atoms with Crippen LogP contribution in [0, 0.1) is 25.2 Å². The Morgan fingerprint density at radius 3 is 2.72 bits per heavy atom. The lowest BCUT2D eigenvalue weighted by atomic mass is 10.0. The van der Waals surface area contributed by atoms with Crippen molar-refractivity contribution in [3.8, 4) is 27.8 Å². The van der Waals surface area contributed by atoms with Gasteiger partial charge in [-0.05, 0) is 43.7 Å². The number of aliphatic hydroxyl groups excluding tert-OH is 1. The molecule has 1 fully saturated rings. The molecule has 7 heteroatoms. The van der Waals surface area contributed by atoms with Crippen LogP contribution >= 0.6 is 11.3 Å². The van der Waals surface area contributed by atoms with Crippen LogP contribution in [0.3, 0.4) is 0 Å². The van der Waals surface area contributed by atoms with Gasteiger partial charge in [0.2, 0.25) is 0 Å². The summed E-state index contributed by atoms with van der Waals surface area (Å²) in [6.07, 6.45) is -0.202. The summed E-state index contributed by atoms with van der Waals surface area (Å²) in [5.41, 5.74) is 5.37. The number of benzene rings is 1. The zero-order valence-corrected chi connectivity index (χ0v) is 17.2. The molecule has 1 aromatic carbocycles. The minimum Gasteiger partial charge on any atom is -0.394 e. The lowest BCUT2D eigenvalue weighted by Crippen LogP contribution is -2.44. The van der Waals surface area contributed by atoms with Crippen LogP contribution in [0.1, 0.15) is 17.0 Å². The summed E-state index contributed by atoms with van der Waals surface area (Å²) in [6, 6.07) is 13.9. The first kappa shape index (κ1) is 19.5. The van der Waals surface area contributed by atoms with Crippen LogP contribution < -0.4 is 4.90 Å². The van der Waals surface area contributed by atoms with Crippen molar-refractivity contribution >= 4 is 16.5 Å². The van der Waals surface area contributed by atoms with Gasteiger partial charge in [-0.25, -0.2) is 4.98 Å². The number of aryl methyl sites for hydroxylation is 2. The Bertz CT molecular complexity index is 1050. The molecule has 4 rings (SSSR count). The molecule has 1 N–H and O–H groups in total. The number of aromatic nitrogens is 2. The van der Waals surface area contributed by atoms with Gasteiger partial charge in [-0.15, -0.1) is 0 Å². The molecule has 0 unspecified atom stereocenters. The first-order valence-corrected chi connectivity index (χ1v) is 10.3. The van der Waals surface area contributed by atoms with E-state index in [0.29, 0.717) is 18.7 Å². The molecule has 0 spiro atoms. The van der Waals surface area contributed by atoms with Crippen molar-refractivity contribution in [1.29, 1.82) is 5.26 Å². The van der Waals surface area contributed by atoms with Crippen molar-refractivity contribution in [2.45, 2.75) is 20.0 Å². The monoisotopic (exact) mass is 406 g/mol. The Labute approximate surface area is 174 Å². The molecule has 29 heavy (non-hydrogen) atoms. The SMILES string of the molecule is Cc1cc(-c2sc(N3CCO[C@@H](CO)C3)nc2-c2cccc(C#N)c2)cc(C)n1. The maximum Gasteiger partial charge on any atom is 0.186 e. The van der Waals surface area contributed by atoms with Crippen LogP contribution in [0.4, 0.5) is 5.13 Å². The first-order valence-electron chi connectivity index (χ1n) is 9.52. The van der Waals surface area contributed by atoms with Gasteiger partial charge in [0.05, 0.1) is 41.5 Å². The highest BCUT2D eigenvalue weighted by Gasteiger charge is 2.25. The molecule has 3 heterocycles. The van der Waals surface area contributed by atoms with Gasteiger partial charge in [-0.3, -0.25) is 4.98 Å². The predicted octanol–water partition coefficient (Wildman–Crippen LogP) is 3.56. The predicted molar refractivity (Wildman–Crippen MR) is 114 cm³/mol. The summed E-state index contributed by atoms with van der Waals surface area (Å²) in [5, 5.41) is 19.7. The van der Waals surface area contributed by atoms with Gasteiger partial charge in [-0.1, -0.05) is 23.5 Å². The van der Waals surface area contributed by atoms with E-state index >= 15 is 0 Å². The fourth-order valence-electron chi connectivity index (χ4n) is 3.54. The molecule has 0 saturated carbocycles. The molecule has 1 saturated heterocycles. The Kier molecular flexibility index (Phi) is 5.58. The molecule has 1 aliphatic rings. The molecule has 0 amide bonds. The van der Waals surface area contributed by atoms with E-state index in [1.807, 2.05) is 32.0 Å². The van der Waals surface area contributed by atoms with Gasteiger partial charge >= 0.3 is 0 Å². The van der Waals surface area contributed by atoms with Gasteiger partial charge < -0.3 is 14.7 Å². The van der Waals surface area contributed by atoms with Gasteiger partial charge in [0.25, 0.3) is 0 Å². The molecule has 0 bridgehead atoms. The molecular formula is C22H22N4O2S. The van der Waals surface area contributed by atoms with Crippen LogP contribution in [0.25, 0.3) is 21.7 Å². The third kappa shape index (κ3) is 4.15. The molecule has 0 aliphatic carbocycles. The second kappa shape index (κ2) is 8.29. The van der Waals surface area contributed by atoms with Gasteiger partial charge in [0.1, 0.15) is 0 Å². The van der Waals surface area contributed by atoms with E-state index in [1.165, 1.54) is 0 Å². The third-order valence-electron chi connectivity index (χ3n) is 4.84. The second-order valence-corrected chi connectivity index (χ2v) is 8.10. The number of hydrogen-bond donors (Lipinski definition) is 1. The van der Waals surface area contributed by atoms with Crippen molar-refractivity contribution in [3.05, 3.63) is 53.3 Å². The average molecular weight is 407 g/mol. The molecule has 1 aliphatic heterocycles. The van der Waals surface area contributed by atoms with E-state index < -0.39 is 0 Å². The number of nitrogens with zero attached hydrogens (tertiary/aromatic N) is 4. The summed E-state index contributed by atoms with van der Waals surface area (Å²) < 4.78 is 5.59. The number of hydrogen-bond acceptors (Lipinski definition) is 7. The molecule has 1 atom stereocenters. The highest BCUT2D eigenvalue weighted by atomic mass is 32.1. The van der Waals surface area contributed by atoms with Crippen molar-refractivity contribution < 1.29 is 9.84 Å². The van der Waals surface area contributed by atoms with Gasteiger partial charge in [0.15, 0.2) is 5.13 Å². The Morgan fingerprint density at radius 1 is 1.21 bits per heavy atom.